The summed E-state index contributed by atoms with van der Waals surface area (Å²) in [5.41, 5.74) is 0.651. The van der Waals surface area contributed by atoms with E-state index in [1.54, 1.807) is 29.1 Å². The number of imidazole rings is 1. The summed E-state index contributed by atoms with van der Waals surface area (Å²) in [5, 5.41) is 0.371. The molecule has 0 spiro atoms. The van der Waals surface area contributed by atoms with E-state index < -0.39 is 5.60 Å². The second-order valence-electron chi connectivity index (χ2n) is 4.75. The number of nitrogens with zero attached hydrogens (tertiary/aromatic N) is 2. The Morgan fingerprint density at radius 1 is 1.47 bits per heavy atom. The molecule has 0 aliphatic heterocycles. The minimum atomic E-state index is -0.507. The highest BCUT2D eigenvalue weighted by Crippen LogP contribution is 2.18. The second kappa shape index (κ2) is 4.04. The third-order valence-electron chi connectivity index (χ3n) is 2.13. The number of ether oxygens (including phenoxy) is 1. The van der Waals surface area contributed by atoms with Gasteiger partial charge in [0.05, 0.1) is 11.1 Å². The zero-order valence-electron chi connectivity index (χ0n) is 9.90. The van der Waals surface area contributed by atoms with E-state index >= 15 is 0 Å². The summed E-state index contributed by atoms with van der Waals surface area (Å²) in [5.74, 6) is -0.364. The normalized spacial score (nSPS) is 11.8. The number of hydrogen-bond donors (Lipinski definition) is 0. The van der Waals surface area contributed by atoms with E-state index in [1.165, 1.54) is 0 Å². The quantitative estimate of drug-likeness (QED) is 0.733. The number of esters is 1. The largest absolute Gasteiger partial charge is 0.456 e. The van der Waals surface area contributed by atoms with Gasteiger partial charge >= 0.3 is 5.97 Å². The molecule has 0 atom stereocenters. The van der Waals surface area contributed by atoms with Crippen LogP contribution in [0.4, 0.5) is 0 Å². The molecule has 2 aromatic heterocycles. The molecule has 0 fully saturated rings. The van der Waals surface area contributed by atoms with Crippen LogP contribution in [0.5, 0.6) is 0 Å². The zero-order valence-corrected chi connectivity index (χ0v) is 10.7. The number of rotatable bonds is 1. The number of hydrogen-bond acceptors (Lipinski definition) is 3. The third kappa shape index (κ3) is 2.58. The summed E-state index contributed by atoms with van der Waals surface area (Å²) < 4.78 is 7.02. The molecule has 0 saturated heterocycles. The Balaban J connectivity index is 2.36. The summed E-state index contributed by atoms with van der Waals surface area (Å²) in [6.45, 7) is 5.49. The fourth-order valence-corrected chi connectivity index (χ4v) is 1.62. The van der Waals surface area contributed by atoms with Gasteiger partial charge < -0.3 is 9.14 Å². The van der Waals surface area contributed by atoms with Crippen molar-refractivity contribution in [3.8, 4) is 0 Å². The number of fused-ring (bicyclic) bond motifs is 1. The molecule has 4 nitrogen and oxygen atoms in total. The Kier molecular flexibility index (Phi) is 2.83. The zero-order chi connectivity index (χ0) is 12.6. The van der Waals surface area contributed by atoms with Crippen LogP contribution in [0.15, 0.2) is 24.7 Å². The summed E-state index contributed by atoms with van der Waals surface area (Å²) in [7, 11) is 0. The van der Waals surface area contributed by atoms with E-state index in [4.69, 9.17) is 16.3 Å². The van der Waals surface area contributed by atoms with Crippen molar-refractivity contribution in [2.45, 2.75) is 26.4 Å². The topological polar surface area (TPSA) is 43.6 Å². The van der Waals surface area contributed by atoms with Crippen molar-refractivity contribution in [1.29, 1.82) is 0 Å². The molecule has 0 aliphatic carbocycles. The van der Waals surface area contributed by atoms with Crippen LogP contribution >= 0.6 is 11.6 Å². The van der Waals surface area contributed by atoms with Gasteiger partial charge in [-0.25, -0.2) is 9.78 Å². The first-order valence-electron chi connectivity index (χ1n) is 5.22. The Labute approximate surface area is 104 Å². The average Bonchev–Trinajstić information content (AvgIpc) is 2.57. The summed E-state index contributed by atoms with van der Waals surface area (Å²) in [6, 6.07) is 3.35. The van der Waals surface area contributed by atoms with Gasteiger partial charge in [-0.1, -0.05) is 11.6 Å². The van der Waals surface area contributed by atoms with E-state index in [9.17, 15) is 4.79 Å². The van der Waals surface area contributed by atoms with Gasteiger partial charge in [0.2, 0.25) is 0 Å². The van der Waals surface area contributed by atoms with Crippen molar-refractivity contribution in [3.63, 3.8) is 0 Å². The number of aromatic nitrogens is 2. The molecule has 2 rings (SSSR count). The monoisotopic (exact) mass is 252 g/mol. The maximum atomic E-state index is 11.8. The lowest BCUT2D eigenvalue weighted by Crippen LogP contribution is -2.23. The minimum absolute atomic E-state index is 0.364. The van der Waals surface area contributed by atoms with Gasteiger partial charge in [-0.05, 0) is 32.9 Å². The smallest absolute Gasteiger partial charge is 0.338 e. The van der Waals surface area contributed by atoms with Crippen LogP contribution in [0.2, 0.25) is 5.15 Å². The first-order valence-corrected chi connectivity index (χ1v) is 5.60. The van der Waals surface area contributed by atoms with Crippen molar-refractivity contribution >= 4 is 23.1 Å². The maximum absolute atomic E-state index is 11.8. The van der Waals surface area contributed by atoms with Crippen molar-refractivity contribution in [2.75, 3.05) is 0 Å². The van der Waals surface area contributed by atoms with E-state index in [0.29, 0.717) is 16.2 Å². The maximum Gasteiger partial charge on any atom is 0.338 e. The predicted octanol–water partition coefficient (Wildman–Crippen LogP) is 2.94. The molecule has 17 heavy (non-hydrogen) atoms. The van der Waals surface area contributed by atoms with Gasteiger partial charge in [0.25, 0.3) is 0 Å². The third-order valence-corrected chi connectivity index (χ3v) is 2.42. The molecule has 90 valence electrons. The van der Waals surface area contributed by atoms with Crippen LogP contribution in [0, 0.1) is 0 Å². The first-order chi connectivity index (χ1) is 7.87. The van der Waals surface area contributed by atoms with Crippen molar-refractivity contribution < 1.29 is 9.53 Å². The fraction of sp³-hybridized carbons (Fsp3) is 0.333. The molecule has 0 saturated carbocycles. The molecule has 2 heterocycles. The lowest BCUT2D eigenvalue weighted by molar-refractivity contribution is 0.00696. The number of carbonyl (C=O) groups is 1. The molecular formula is C12H13ClN2O2. The number of carbonyl (C=O) groups excluding carboxylic acids is 1. The Morgan fingerprint density at radius 2 is 2.18 bits per heavy atom. The average molecular weight is 253 g/mol. The molecule has 0 bridgehead atoms. The van der Waals surface area contributed by atoms with Gasteiger partial charge in [-0.3, -0.25) is 0 Å². The molecular weight excluding hydrogens is 240 g/mol. The van der Waals surface area contributed by atoms with Gasteiger partial charge in [0, 0.05) is 6.20 Å². The molecule has 0 amide bonds. The molecule has 2 aromatic rings. The van der Waals surface area contributed by atoms with Crippen LogP contribution in [0.1, 0.15) is 31.1 Å². The predicted molar refractivity (Wildman–Crippen MR) is 65.4 cm³/mol. The van der Waals surface area contributed by atoms with Crippen molar-refractivity contribution in [2.24, 2.45) is 0 Å². The highest BCUT2D eigenvalue weighted by atomic mass is 35.5. The van der Waals surface area contributed by atoms with Crippen LogP contribution in [0.3, 0.4) is 0 Å². The summed E-state index contributed by atoms with van der Waals surface area (Å²) >= 11 is 5.90. The van der Waals surface area contributed by atoms with Gasteiger partial charge in [0.15, 0.2) is 5.15 Å². The number of halogens is 1. The van der Waals surface area contributed by atoms with Crippen LogP contribution in [-0.2, 0) is 4.74 Å². The van der Waals surface area contributed by atoms with Gasteiger partial charge in [-0.15, -0.1) is 0 Å². The second-order valence-corrected chi connectivity index (χ2v) is 5.10. The molecule has 0 N–H and O–H groups in total. The Morgan fingerprint density at radius 3 is 2.82 bits per heavy atom. The van der Waals surface area contributed by atoms with Gasteiger partial charge in [0.1, 0.15) is 11.9 Å². The first kappa shape index (κ1) is 11.9. The SMILES string of the molecule is CC(C)(C)OC(=O)c1ccn2cnc(Cl)c2c1. The molecule has 0 aliphatic rings. The highest BCUT2D eigenvalue weighted by molar-refractivity contribution is 6.32. The molecule has 5 heteroatoms. The molecule has 0 unspecified atom stereocenters. The lowest BCUT2D eigenvalue weighted by Gasteiger charge is -2.19. The summed E-state index contributed by atoms with van der Waals surface area (Å²) in [6.07, 6.45) is 3.32. The summed E-state index contributed by atoms with van der Waals surface area (Å²) in [4.78, 5) is 15.8. The van der Waals surface area contributed by atoms with E-state index in [1.807, 2.05) is 20.8 Å². The van der Waals surface area contributed by atoms with Crippen LogP contribution < -0.4 is 0 Å². The molecule has 0 aromatic carbocycles. The van der Waals surface area contributed by atoms with Crippen molar-refractivity contribution in [3.05, 3.63) is 35.4 Å². The minimum Gasteiger partial charge on any atom is -0.456 e. The number of pyridine rings is 1. The van der Waals surface area contributed by atoms with E-state index in [0.717, 1.165) is 0 Å². The van der Waals surface area contributed by atoms with Crippen LogP contribution in [-0.4, -0.2) is 21.0 Å². The Hall–Kier alpha value is -1.55. The highest BCUT2D eigenvalue weighted by Gasteiger charge is 2.18. The van der Waals surface area contributed by atoms with Gasteiger partial charge in [-0.2, -0.15) is 0 Å². The van der Waals surface area contributed by atoms with Crippen LogP contribution in [0.25, 0.3) is 5.52 Å². The standard InChI is InChI=1S/C12H13ClN2O2/c1-12(2,3)17-11(16)8-4-5-15-7-14-10(13)9(15)6-8/h4-7H,1-3H3. The lowest BCUT2D eigenvalue weighted by atomic mass is 10.2. The fourth-order valence-electron chi connectivity index (χ4n) is 1.42. The van der Waals surface area contributed by atoms with E-state index in [2.05, 4.69) is 4.98 Å². The van der Waals surface area contributed by atoms with E-state index in [-0.39, 0.29) is 5.97 Å². The van der Waals surface area contributed by atoms with Crippen molar-refractivity contribution in [1.82, 2.24) is 9.38 Å². The molecule has 0 radical (unpaired) electrons. The Bertz CT molecular complexity index is 569.